The summed E-state index contributed by atoms with van der Waals surface area (Å²) in [5, 5.41) is 9.11. The van der Waals surface area contributed by atoms with Crippen molar-refractivity contribution in [2.24, 2.45) is 0 Å². The highest BCUT2D eigenvalue weighted by molar-refractivity contribution is 5.77. The van der Waals surface area contributed by atoms with Gasteiger partial charge in [0.2, 0.25) is 0 Å². The van der Waals surface area contributed by atoms with Crippen LogP contribution in [0.1, 0.15) is 5.56 Å². The number of imidazole rings is 1. The van der Waals surface area contributed by atoms with E-state index in [-0.39, 0.29) is 12.4 Å². The van der Waals surface area contributed by atoms with Gasteiger partial charge >= 0.3 is 0 Å². The van der Waals surface area contributed by atoms with Crippen LogP contribution in [0.25, 0.3) is 16.7 Å². The molecule has 0 saturated heterocycles. The summed E-state index contributed by atoms with van der Waals surface area (Å²) in [6, 6.07) is 12.1. The molecule has 3 nitrogen and oxygen atoms in total. The van der Waals surface area contributed by atoms with Crippen LogP contribution in [0.3, 0.4) is 0 Å². The molecular formula is C14H11FN2O. The highest BCUT2D eigenvalue weighted by Crippen LogP contribution is 2.20. The van der Waals surface area contributed by atoms with Gasteiger partial charge in [0.25, 0.3) is 0 Å². The molecule has 90 valence electrons. The van der Waals surface area contributed by atoms with Crippen molar-refractivity contribution in [2.75, 3.05) is 0 Å². The van der Waals surface area contributed by atoms with E-state index in [2.05, 4.69) is 4.98 Å². The van der Waals surface area contributed by atoms with Gasteiger partial charge in [-0.25, -0.2) is 9.37 Å². The van der Waals surface area contributed by atoms with Crippen LogP contribution in [0.2, 0.25) is 0 Å². The summed E-state index contributed by atoms with van der Waals surface area (Å²) in [5.74, 6) is -0.366. The minimum Gasteiger partial charge on any atom is -0.392 e. The SMILES string of the molecule is OCc1cc(F)cc(-n2cnc3ccccc32)c1. The Labute approximate surface area is 103 Å². The first-order valence-corrected chi connectivity index (χ1v) is 5.61. The molecule has 4 heteroatoms. The zero-order chi connectivity index (χ0) is 12.5. The number of aromatic nitrogens is 2. The molecule has 1 N–H and O–H groups in total. The summed E-state index contributed by atoms with van der Waals surface area (Å²) in [5.41, 5.74) is 2.97. The van der Waals surface area contributed by atoms with Crippen LogP contribution < -0.4 is 0 Å². The van der Waals surface area contributed by atoms with E-state index in [0.29, 0.717) is 11.3 Å². The van der Waals surface area contributed by atoms with Crippen molar-refractivity contribution in [2.45, 2.75) is 6.61 Å². The Morgan fingerprint density at radius 3 is 2.83 bits per heavy atom. The van der Waals surface area contributed by atoms with E-state index in [0.717, 1.165) is 11.0 Å². The van der Waals surface area contributed by atoms with E-state index in [1.165, 1.54) is 12.1 Å². The van der Waals surface area contributed by atoms with E-state index in [4.69, 9.17) is 5.11 Å². The van der Waals surface area contributed by atoms with Crippen molar-refractivity contribution in [3.8, 4) is 5.69 Å². The molecule has 1 heterocycles. The van der Waals surface area contributed by atoms with Gasteiger partial charge in [-0.1, -0.05) is 12.1 Å². The van der Waals surface area contributed by atoms with Crippen molar-refractivity contribution in [3.63, 3.8) is 0 Å². The van der Waals surface area contributed by atoms with Crippen molar-refractivity contribution >= 4 is 11.0 Å². The minimum absolute atomic E-state index is 0.183. The predicted molar refractivity (Wildman–Crippen MR) is 67.0 cm³/mol. The molecule has 2 aromatic carbocycles. The predicted octanol–water partition coefficient (Wildman–Crippen LogP) is 2.66. The fraction of sp³-hybridized carbons (Fsp3) is 0.0714. The number of rotatable bonds is 2. The second kappa shape index (κ2) is 4.23. The normalized spacial score (nSPS) is 11.0. The molecule has 0 bridgehead atoms. The smallest absolute Gasteiger partial charge is 0.125 e. The molecule has 0 aliphatic heterocycles. The van der Waals surface area contributed by atoms with Gasteiger partial charge in [0.15, 0.2) is 0 Å². The lowest BCUT2D eigenvalue weighted by atomic mass is 10.2. The summed E-state index contributed by atoms with van der Waals surface area (Å²) in [6.45, 7) is -0.183. The van der Waals surface area contributed by atoms with Gasteiger partial charge in [0, 0.05) is 0 Å². The first-order chi connectivity index (χ1) is 8.78. The number of halogens is 1. The number of fused-ring (bicyclic) bond motifs is 1. The van der Waals surface area contributed by atoms with E-state index in [9.17, 15) is 4.39 Å². The topological polar surface area (TPSA) is 38.0 Å². The van der Waals surface area contributed by atoms with E-state index in [1.807, 2.05) is 24.3 Å². The molecule has 3 rings (SSSR count). The van der Waals surface area contributed by atoms with Gasteiger partial charge in [0.05, 0.1) is 23.3 Å². The van der Waals surface area contributed by atoms with Crippen molar-refractivity contribution in [1.29, 1.82) is 0 Å². The molecule has 1 aromatic heterocycles. The van der Waals surface area contributed by atoms with Gasteiger partial charge < -0.3 is 5.11 Å². The van der Waals surface area contributed by atoms with E-state index < -0.39 is 0 Å². The third kappa shape index (κ3) is 1.76. The molecule has 0 saturated carbocycles. The fourth-order valence-corrected chi connectivity index (χ4v) is 2.03. The number of hydrogen-bond acceptors (Lipinski definition) is 2. The highest BCUT2D eigenvalue weighted by atomic mass is 19.1. The highest BCUT2D eigenvalue weighted by Gasteiger charge is 2.06. The number of aliphatic hydroxyl groups excluding tert-OH is 1. The van der Waals surface area contributed by atoms with Crippen LogP contribution in [0, 0.1) is 5.82 Å². The third-order valence-corrected chi connectivity index (χ3v) is 2.86. The molecule has 0 amide bonds. The molecule has 0 aliphatic rings. The zero-order valence-electron chi connectivity index (χ0n) is 9.55. The molecule has 18 heavy (non-hydrogen) atoms. The number of aliphatic hydroxyl groups is 1. The van der Waals surface area contributed by atoms with Gasteiger partial charge in [-0.3, -0.25) is 4.57 Å². The lowest BCUT2D eigenvalue weighted by Crippen LogP contribution is -1.95. The Kier molecular flexibility index (Phi) is 2.57. The van der Waals surface area contributed by atoms with Crippen LogP contribution in [0.5, 0.6) is 0 Å². The van der Waals surface area contributed by atoms with Gasteiger partial charge in [-0.05, 0) is 35.9 Å². The van der Waals surface area contributed by atoms with Gasteiger partial charge in [0.1, 0.15) is 12.1 Å². The molecular weight excluding hydrogens is 231 g/mol. The fourth-order valence-electron chi connectivity index (χ4n) is 2.03. The largest absolute Gasteiger partial charge is 0.392 e. The number of hydrogen-bond donors (Lipinski definition) is 1. The quantitative estimate of drug-likeness (QED) is 0.750. The van der Waals surface area contributed by atoms with Crippen LogP contribution >= 0.6 is 0 Å². The third-order valence-electron chi connectivity index (χ3n) is 2.86. The average molecular weight is 242 g/mol. The Hall–Kier alpha value is -2.20. The first-order valence-electron chi connectivity index (χ1n) is 5.61. The number of para-hydroxylation sites is 2. The van der Waals surface area contributed by atoms with E-state index in [1.54, 1.807) is 17.0 Å². The Balaban J connectivity index is 2.22. The Morgan fingerprint density at radius 2 is 2.00 bits per heavy atom. The molecule has 0 fully saturated rings. The van der Waals surface area contributed by atoms with Crippen molar-refractivity contribution < 1.29 is 9.50 Å². The molecule has 0 spiro atoms. The van der Waals surface area contributed by atoms with Crippen molar-refractivity contribution in [1.82, 2.24) is 9.55 Å². The summed E-state index contributed by atoms with van der Waals surface area (Å²) < 4.78 is 15.3. The van der Waals surface area contributed by atoms with Crippen LogP contribution in [0.15, 0.2) is 48.8 Å². The van der Waals surface area contributed by atoms with Gasteiger partial charge in [-0.2, -0.15) is 0 Å². The summed E-state index contributed by atoms with van der Waals surface area (Å²) in [4.78, 5) is 4.26. The van der Waals surface area contributed by atoms with Crippen LogP contribution in [-0.2, 0) is 6.61 Å². The lowest BCUT2D eigenvalue weighted by molar-refractivity contribution is 0.281. The number of nitrogens with zero attached hydrogens (tertiary/aromatic N) is 2. The monoisotopic (exact) mass is 242 g/mol. The first kappa shape index (κ1) is 10.9. The van der Waals surface area contributed by atoms with E-state index >= 15 is 0 Å². The molecule has 0 atom stereocenters. The molecule has 3 aromatic rings. The molecule has 0 radical (unpaired) electrons. The zero-order valence-corrected chi connectivity index (χ0v) is 9.55. The molecule has 0 unspecified atom stereocenters. The molecule has 0 aliphatic carbocycles. The maximum atomic E-state index is 13.5. The second-order valence-electron chi connectivity index (χ2n) is 4.08. The Bertz CT molecular complexity index is 706. The van der Waals surface area contributed by atoms with Crippen LogP contribution in [-0.4, -0.2) is 14.7 Å². The lowest BCUT2D eigenvalue weighted by Gasteiger charge is -2.06. The maximum Gasteiger partial charge on any atom is 0.125 e. The minimum atomic E-state index is -0.366. The second-order valence-corrected chi connectivity index (χ2v) is 4.08. The average Bonchev–Trinajstić information content (AvgIpc) is 2.81. The van der Waals surface area contributed by atoms with Crippen LogP contribution in [0.4, 0.5) is 4.39 Å². The maximum absolute atomic E-state index is 13.5. The van der Waals surface area contributed by atoms with Crippen molar-refractivity contribution in [3.05, 3.63) is 60.2 Å². The summed E-state index contributed by atoms with van der Waals surface area (Å²) in [7, 11) is 0. The number of benzene rings is 2. The standard InChI is InChI=1S/C14H11FN2O/c15-11-5-10(8-18)6-12(7-11)17-9-16-13-3-1-2-4-14(13)17/h1-7,9,18H,8H2. The van der Waals surface area contributed by atoms with Gasteiger partial charge in [-0.15, -0.1) is 0 Å². The summed E-state index contributed by atoms with van der Waals surface area (Å²) >= 11 is 0. The Morgan fingerprint density at radius 1 is 1.17 bits per heavy atom. The summed E-state index contributed by atoms with van der Waals surface area (Å²) in [6.07, 6.45) is 1.65.